The Hall–Kier alpha value is -0.900. The van der Waals surface area contributed by atoms with Crippen molar-refractivity contribution in [3.63, 3.8) is 0 Å². The highest BCUT2D eigenvalue weighted by Gasteiger charge is 2.30. The smallest absolute Gasteiger partial charge is 0.0713 e. The van der Waals surface area contributed by atoms with E-state index in [1.165, 1.54) is 11.1 Å². The van der Waals surface area contributed by atoms with Gasteiger partial charge in [0.25, 0.3) is 0 Å². The number of hydrogen-bond donors (Lipinski definition) is 1. The summed E-state index contributed by atoms with van der Waals surface area (Å²) in [5, 5.41) is 0. The molecule has 3 heteroatoms. The average molecular weight is 262 g/mol. The minimum atomic E-state index is 0.351. The quantitative estimate of drug-likeness (QED) is 0.885. The fourth-order valence-corrected chi connectivity index (χ4v) is 2.93. The molecule has 1 fully saturated rings. The molecule has 1 aromatic carbocycles. The zero-order chi connectivity index (χ0) is 13.8. The lowest BCUT2D eigenvalue weighted by Crippen LogP contribution is -2.32. The predicted molar refractivity (Wildman–Crippen MR) is 78.9 cm³/mol. The van der Waals surface area contributed by atoms with Crippen LogP contribution in [0, 0.1) is 11.8 Å². The molecule has 106 valence electrons. The fourth-order valence-electron chi connectivity index (χ4n) is 2.93. The number of nitrogens with zero attached hydrogens (tertiary/aromatic N) is 1. The third-order valence-corrected chi connectivity index (χ3v) is 4.36. The van der Waals surface area contributed by atoms with Crippen LogP contribution < -0.4 is 5.73 Å². The van der Waals surface area contributed by atoms with Crippen molar-refractivity contribution < 1.29 is 4.74 Å². The average Bonchev–Trinajstić information content (AvgIpc) is 2.73. The summed E-state index contributed by atoms with van der Waals surface area (Å²) in [6.45, 7) is 8.33. The maximum atomic E-state index is 6.01. The van der Waals surface area contributed by atoms with E-state index in [-0.39, 0.29) is 0 Å². The van der Waals surface area contributed by atoms with E-state index in [1.807, 2.05) is 0 Å². The molecule has 0 aliphatic carbocycles. The van der Waals surface area contributed by atoms with Gasteiger partial charge < -0.3 is 10.5 Å². The van der Waals surface area contributed by atoms with E-state index in [0.717, 1.165) is 24.9 Å². The fraction of sp³-hybridized carbons (Fsp3) is 0.625. The van der Waals surface area contributed by atoms with Gasteiger partial charge in [-0.05, 0) is 23.0 Å². The third-order valence-electron chi connectivity index (χ3n) is 4.36. The molecule has 0 saturated carbocycles. The molecule has 3 nitrogen and oxygen atoms in total. The second kappa shape index (κ2) is 6.51. The van der Waals surface area contributed by atoms with Gasteiger partial charge in [-0.15, -0.1) is 0 Å². The molecule has 3 unspecified atom stereocenters. The number of methoxy groups -OCH3 is 1. The molecule has 2 rings (SSSR count). The summed E-state index contributed by atoms with van der Waals surface area (Å²) in [7, 11) is 1.73. The van der Waals surface area contributed by atoms with Gasteiger partial charge in [0.1, 0.15) is 0 Å². The first kappa shape index (κ1) is 14.5. The minimum Gasteiger partial charge on any atom is -0.380 e. The highest BCUT2D eigenvalue weighted by Crippen LogP contribution is 2.30. The van der Waals surface area contributed by atoms with Crippen molar-refractivity contribution in [2.45, 2.75) is 26.5 Å². The Morgan fingerprint density at radius 3 is 2.26 bits per heavy atom. The van der Waals surface area contributed by atoms with E-state index in [4.69, 9.17) is 10.5 Å². The van der Waals surface area contributed by atoms with Crippen LogP contribution in [0.15, 0.2) is 24.3 Å². The monoisotopic (exact) mass is 262 g/mol. The lowest BCUT2D eigenvalue weighted by atomic mass is 10.0. The minimum absolute atomic E-state index is 0.351. The Morgan fingerprint density at radius 1 is 1.21 bits per heavy atom. The lowest BCUT2D eigenvalue weighted by molar-refractivity contribution is 0.185. The van der Waals surface area contributed by atoms with Gasteiger partial charge in [0.05, 0.1) is 6.61 Å². The van der Waals surface area contributed by atoms with Crippen LogP contribution in [0.4, 0.5) is 0 Å². The highest BCUT2D eigenvalue weighted by atomic mass is 16.5. The van der Waals surface area contributed by atoms with Crippen LogP contribution in [0.2, 0.25) is 0 Å². The van der Waals surface area contributed by atoms with Gasteiger partial charge in [0, 0.05) is 32.8 Å². The molecular formula is C16H26N2O. The zero-order valence-corrected chi connectivity index (χ0v) is 12.3. The summed E-state index contributed by atoms with van der Waals surface area (Å²) in [5.41, 5.74) is 8.54. The maximum Gasteiger partial charge on any atom is 0.0713 e. The van der Waals surface area contributed by atoms with Crippen LogP contribution >= 0.6 is 0 Å². The van der Waals surface area contributed by atoms with Crippen molar-refractivity contribution in [2.24, 2.45) is 17.6 Å². The second-order valence-electron chi connectivity index (χ2n) is 5.83. The highest BCUT2D eigenvalue weighted by molar-refractivity contribution is 5.25. The topological polar surface area (TPSA) is 38.5 Å². The van der Waals surface area contributed by atoms with E-state index in [0.29, 0.717) is 19.2 Å². The van der Waals surface area contributed by atoms with E-state index in [2.05, 4.69) is 43.0 Å². The van der Waals surface area contributed by atoms with E-state index in [1.54, 1.807) is 7.11 Å². The zero-order valence-electron chi connectivity index (χ0n) is 12.3. The number of benzene rings is 1. The van der Waals surface area contributed by atoms with Crippen LogP contribution in [0.1, 0.15) is 31.0 Å². The number of ether oxygens (including phenoxy) is 1. The van der Waals surface area contributed by atoms with Crippen LogP contribution in [0.5, 0.6) is 0 Å². The lowest BCUT2D eigenvalue weighted by Gasteiger charge is -2.27. The molecule has 19 heavy (non-hydrogen) atoms. The molecule has 2 N–H and O–H groups in total. The molecular weight excluding hydrogens is 236 g/mol. The summed E-state index contributed by atoms with van der Waals surface area (Å²) in [6.07, 6.45) is 0. The molecule has 1 heterocycles. The number of likely N-dealkylation sites (tertiary alicyclic amines) is 1. The largest absolute Gasteiger partial charge is 0.380 e. The van der Waals surface area contributed by atoms with Crippen LogP contribution in [0.25, 0.3) is 0 Å². The molecule has 0 amide bonds. The van der Waals surface area contributed by atoms with Gasteiger partial charge in [0.15, 0.2) is 0 Å². The molecule has 0 aromatic heterocycles. The Morgan fingerprint density at radius 2 is 1.79 bits per heavy atom. The van der Waals surface area contributed by atoms with Crippen LogP contribution in [-0.2, 0) is 11.3 Å². The summed E-state index contributed by atoms with van der Waals surface area (Å²) < 4.78 is 5.15. The molecule has 0 radical (unpaired) electrons. The van der Waals surface area contributed by atoms with E-state index in [9.17, 15) is 0 Å². The van der Waals surface area contributed by atoms with E-state index >= 15 is 0 Å². The molecule has 1 aliphatic rings. The van der Waals surface area contributed by atoms with Crippen molar-refractivity contribution in [1.82, 2.24) is 4.90 Å². The second-order valence-corrected chi connectivity index (χ2v) is 5.83. The third kappa shape index (κ3) is 3.35. The Balaban J connectivity index is 2.09. The first-order valence-corrected chi connectivity index (χ1v) is 7.17. The normalized spacial score (nSPS) is 25.7. The standard InChI is InChI=1S/C16H26N2O/c1-12-9-18(10-13(12)2)16(8-17)15-6-4-14(5-7-15)11-19-3/h4-7,12-13,16H,8-11,17H2,1-3H3. The van der Waals surface area contributed by atoms with Gasteiger partial charge in [-0.3, -0.25) is 4.90 Å². The summed E-state index contributed by atoms with van der Waals surface area (Å²) in [5.74, 6) is 1.53. The first-order chi connectivity index (χ1) is 9.15. The Kier molecular flexibility index (Phi) is 4.97. The van der Waals surface area contributed by atoms with Crippen molar-refractivity contribution in [2.75, 3.05) is 26.7 Å². The molecule has 1 aliphatic heterocycles. The SMILES string of the molecule is COCc1ccc(C(CN)N2CC(C)C(C)C2)cc1. The molecule has 0 bridgehead atoms. The molecule has 0 spiro atoms. The van der Waals surface area contributed by atoms with Crippen LogP contribution in [-0.4, -0.2) is 31.6 Å². The van der Waals surface area contributed by atoms with Gasteiger partial charge in [-0.1, -0.05) is 38.1 Å². The van der Waals surface area contributed by atoms with Gasteiger partial charge in [-0.25, -0.2) is 0 Å². The summed E-state index contributed by atoms with van der Waals surface area (Å²) in [6, 6.07) is 9.03. The molecule has 1 saturated heterocycles. The van der Waals surface area contributed by atoms with E-state index < -0.39 is 0 Å². The maximum absolute atomic E-state index is 6.01. The number of hydrogen-bond acceptors (Lipinski definition) is 3. The summed E-state index contributed by atoms with van der Waals surface area (Å²) in [4.78, 5) is 2.53. The molecule has 1 aromatic rings. The van der Waals surface area contributed by atoms with Gasteiger partial charge >= 0.3 is 0 Å². The van der Waals surface area contributed by atoms with Crippen molar-refractivity contribution in [3.8, 4) is 0 Å². The Labute approximate surface area is 116 Å². The number of nitrogens with two attached hydrogens (primary N) is 1. The number of rotatable bonds is 5. The molecule has 3 atom stereocenters. The van der Waals surface area contributed by atoms with Crippen molar-refractivity contribution in [3.05, 3.63) is 35.4 Å². The van der Waals surface area contributed by atoms with Crippen LogP contribution in [0.3, 0.4) is 0 Å². The van der Waals surface area contributed by atoms with Crippen molar-refractivity contribution >= 4 is 0 Å². The summed E-state index contributed by atoms with van der Waals surface area (Å²) >= 11 is 0. The first-order valence-electron chi connectivity index (χ1n) is 7.17. The predicted octanol–water partition coefficient (Wildman–Crippen LogP) is 2.42. The van der Waals surface area contributed by atoms with Gasteiger partial charge in [0.2, 0.25) is 0 Å². The van der Waals surface area contributed by atoms with Crippen molar-refractivity contribution in [1.29, 1.82) is 0 Å². The van der Waals surface area contributed by atoms with Gasteiger partial charge in [-0.2, -0.15) is 0 Å². The Bertz CT molecular complexity index is 380.